The number of rotatable bonds is 2. The molecule has 25 heavy (non-hydrogen) atoms. The van der Waals surface area contributed by atoms with Crippen LogP contribution in [0.4, 0.5) is 13.2 Å². The first-order valence-corrected chi connectivity index (χ1v) is 7.86. The molecule has 8 heteroatoms. The van der Waals surface area contributed by atoms with Crippen LogP contribution >= 0.6 is 0 Å². The normalized spacial score (nSPS) is 14.8. The highest BCUT2D eigenvalue weighted by Gasteiger charge is 2.31. The second kappa shape index (κ2) is 6.42. The molecule has 2 aromatic rings. The Morgan fingerprint density at radius 2 is 1.92 bits per heavy atom. The van der Waals surface area contributed by atoms with Crippen LogP contribution in [0.2, 0.25) is 0 Å². The standard InChI is InChI=1S/C17H18F3N3O2/c1-22-14-10-23(9-3-4-13(14)15(21-22)25-2)16(24)11-5-7-12(8-6-11)17(18,19)20/h5-8H,3-4,9-10H2,1-2H3. The average Bonchev–Trinajstić information content (AvgIpc) is 2.75. The Morgan fingerprint density at radius 1 is 1.24 bits per heavy atom. The van der Waals surface area contributed by atoms with Gasteiger partial charge in [-0.25, -0.2) is 0 Å². The van der Waals surface area contributed by atoms with Crippen LogP contribution in [0.5, 0.6) is 5.88 Å². The smallest absolute Gasteiger partial charge is 0.416 e. The van der Waals surface area contributed by atoms with Gasteiger partial charge in [-0.3, -0.25) is 9.48 Å². The molecule has 0 fully saturated rings. The van der Waals surface area contributed by atoms with Crippen molar-refractivity contribution in [3.8, 4) is 5.88 Å². The van der Waals surface area contributed by atoms with Gasteiger partial charge >= 0.3 is 6.18 Å². The van der Waals surface area contributed by atoms with Crippen molar-refractivity contribution in [3.63, 3.8) is 0 Å². The summed E-state index contributed by atoms with van der Waals surface area (Å²) in [5.41, 5.74) is 1.34. The maximum atomic E-state index is 12.7. The number of hydrogen-bond acceptors (Lipinski definition) is 3. The highest BCUT2D eigenvalue weighted by Crippen LogP contribution is 2.30. The second-order valence-electron chi connectivity index (χ2n) is 5.96. The van der Waals surface area contributed by atoms with E-state index in [1.54, 1.807) is 23.7 Å². The van der Waals surface area contributed by atoms with Crippen LogP contribution in [0, 0.1) is 0 Å². The van der Waals surface area contributed by atoms with E-state index in [2.05, 4.69) is 5.10 Å². The van der Waals surface area contributed by atoms with Crippen LogP contribution in [0.3, 0.4) is 0 Å². The molecule has 1 aromatic heterocycles. The molecule has 0 saturated carbocycles. The topological polar surface area (TPSA) is 47.4 Å². The molecule has 2 heterocycles. The van der Waals surface area contributed by atoms with E-state index < -0.39 is 11.7 Å². The summed E-state index contributed by atoms with van der Waals surface area (Å²) in [5.74, 6) is 0.267. The first-order chi connectivity index (χ1) is 11.8. The Labute approximate surface area is 143 Å². The van der Waals surface area contributed by atoms with Crippen LogP contribution in [-0.2, 0) is 26.2 Å². The Balaban J connectivity index is 1.84. The number of alkyl halides is 3. The van der Waals surface area contributed by atoms with Gasteiger partial charge in [0.15, 0.2) is 0 Å². The largest absolute Gasteiger partial charge is 0.480 e. The molecule has 1 aliphatic heterocycles. The van der Waals surface area contributed by atoms with Crippen molar-refractivity contribution in [1.82, 2.24) is 14.7 Å². The van der Waals surface area contributed by atoms with Gasteiger partial charge in [-0.05, 0) is 37.1 Å². The number of carbonyl (C=O) groups excluding carboxylic acids is 1. The fourth-order valence-electron chi connectivity index (χ4n) is 3.05. The number of methoxy groups -OCH3 is 1. The van der Waals surface area contributed by atoms with E-state index >= 15 is 0 Å². The maximum absolute atomic E-state index is 12.7. The van der Waals surface area contributed by atoms with Crippen LogP contribution < -0.4 is 4.74 Å². The Bertz CT molecular complexity index is 782. The third kappa shape index (κ3) is 3.33. The molecule has 0 radical (unpaired) electrons. The number of aromatic nitrogens is 2. The first-order valence-electron chi connectivity index (χ1n) is 7.86. The zero-order valence-corrected chi connectivity index (χ0v) is 13.9. The molecule has 0 unspecified atom stereocenters. The molecule has 0 aliphatic carbocycles. The average molecular weight is 353 g/mol. The first kappa shape index (κ1) is 17.3. The molecule has 1 aliphatic rings. The van der Waals surface area contributed by atoms with Crippen LogP contribution in [0.1, 0.15) is 33.6 Å². The van der Waals surface area contributed by atoms with E-state index in [1.807, 2.05) is 0 Å². The van der Waals surface area contributed by atoms with E-state index in [4.69, 9.17) is 4.74 Å². The molecule has 3 rings (SSSR count). The van der Waals surface area contributed by atoms with Gasteiger partial charge in [0.25, 0.3) is 5.91 Å². The summed E-state index contributed by atoms with van der Waals surface area (Å²) in [6.45, 7) is 0.875. The van der Waals surface area contributed by atoms with Gasteiger partial charge in [0, 0.05) is 24.7 Å². The SMILES string of the molecule is COc1nn(C)c2c1CCCN(C(=O)c1ccc(C(F)(F)F)cc1)C2. The third-order valence-electron chi connectivity index (χ3n) is 4.37. The fraction of sp³-hybridized carbons (Fsp3) is 0.412. The molecular weight excluding hydrogens is 335 g/mol. The van der Waals surface area contributed by atoms with Gasteiger partial charge in [-0.15, -0.1) is 5.10 Å². The molecule has 1 amide bonds. The lowest BCUT2D eigenvalue weighted by Crippen LogP contribution is -2.31. The molecule has 0 spiro atoms. The fourth-order valence-corrected chi connectivity index (χ4v) is 3.05. The highest BCUT2D eigenvalue weighted by atomic mass is 19.4. The summed E-state index contributed by atoms with van der Waals surface area (Å²) in [6.07, 6.45) is -2.94. The van der Waals surface area contributed by atoms with E-state index in [0.717, 1.165) is 36.2 Å². The second-order valence-corrected chi connectivity index (χ2v) is 5.96. The molecule has 134 valence electrons. The minimum atomic E-state index is -4.41. The number of carbonyl (C=O) groups is 1. The summed E-state index contributed by atoms with van der Waals surface area (Å²) >= 11 is 0. The van der Waals surface area contributed by atoms with Gasteiger partial charge in [0.2, 0.25) is 5.88 Å². The summed E-state index contributed by atoms with van der Waals surface area (Å²) in [6, 6.07) is 4.31. The van der Waals surface area contributed by atoms with Crippen molar-refractivity contribution in [3.05, 3.63) is 46.6 Å². The van der Waals surface area contributed by atoms with Gasteiger partial charge in [0.05, 0.1) is 24.9 Å². The summed E-state index contributed by atoms with van der Waals surface area (Å²) < 4.78 is 44.9. The van der Waals surface area contributed by atoms with Crippen LogP contribution in [-0.4, -0.2) is 34.2 Å². The van der Waals surface area contributed by atoms with Crippen molar-refractivity contribution in [2.24, 2.45) is 7.05 Å². The third-order valence-corrected chi connectivity index (χ3v) is 4.37. The van der Waals surface area contributed by atoms with Crippen molar-refractivity contribution in [1.29, 1.82) is 0 Å². The molecule has 0 saturated heterocycles. The summed E-state index contributed by atoms with van der Waals surface area (Å²) in [5, 5.41) is 4.29. The van der Waals surface area contributed by atoms with Gasteiger partial charge in [-0.2, -0.15) is 13.2 Å². The monoisotopic (exact) mass is 353 g/mol. The summed E-state index contributed by atoms with van der Waals surface area (Å²) in [4.78, 5) is 14.3. The lowest BCUT2D eigenvalue weighted by Gasteiger charge is -2.21. The maximum Gasteiger partial charge on any atom is 0.416 e. The number of fused-ring (bicyclic) bond motifs is 1. The number of benzene rings is 1. The van der Waals surface area contributed by atoms with E-state index in [9.17, 15) is 18.0 Å². The molecule has 0 N–H and O–H groups in total. The van der Waals surface area contributed by atoms with Gasteiger partial charge < -0.3 is 9.64 Å². The van der Waals surface area contributed by atoms with Crippen molar-refractivity contribution < 1.29 is 22.7 Å². The Hall–Kier alpha value is -2.51. The van der Waals surface area contributed by atoms with Gasteiger partial charge in [-0.1, -0.05) is 0 Å². The van der Waals surface area contributed by atoms with E-state index in [-0.39, 0.29) is 11.5 Å². The van der Waals surface area contributed by atoms with E-state index in [0.29, 0.717) is 19.0 Å². The van der Waals surface area contributed by atoms with Crippen molar-refractivity contribution >= 4 is 5.91 Å². The molecule has 0 atom stereocenters. The number of nitrogens with zero attached hydrogens (tertiary/aromatic N) is 3. The quantitative estimate of drug-likeness (QED) is 0.834. The number of amides is 1. The molecule has 0 bridgehead atoms. The van der Waals surface area contributed by atoms with E-state index in [1.165, 1.54) is 12.1 Å². The van der Waals surface area contributed by atoms with Crippen LogP contribution in [0.15, 0.2) is 24.3 Å². The number of aryl methyl sites for hydroxylation is 1. The van der Waals surface area contributed by atoms with Gasteiger partial charge in [0.1, 0.15) is 0 Å². The van der Waals surface area contributed by atoms with Crippen molar-refractivity contribution in [2.75, 3.05) is 13.7 Å². The number of ether oxygens (including phenoxy) is 1. The van der Waals surface area contributed by atoms with Crippen molar-refractivity contribution in [2.45, 2.75) is 25.6 Å². The number of hydrogen-bond donors (Lipinski definition) is 0. The lowest BCUT2D eigenvalue weighted by atomic mass is 10.1. The van der Waals surface area contributed by atoms with Crippen LogP contribution in [0.25, 0.3) is 0 Å². The highest BCUT2D eigenvalue weighted by molar-refractivity contribution is 5.94. The predicted molar refractivity (Wildman–Crippen MR) is 84.3 cm³/mol. The molecular formula is C17H18F3N3O2. The molecule has 1 aromatic carbocycles. The Kier molecular flexibility index (Phi) is 4.45. The minimum Gasteiger partial charge on any atom is -0.480 e. The lowest BCUT2D eigenvalue weighted by molar-refractivity contribution is -0.137. The minimum absolute atomic E-state index is 0.241. The Morgan fingerprint density at radius 3 is 2.52 bits per heavy atom. The number of halogens is 3. The molecule has 5 nitrogen and oxygen atoms in total. The zero-order valence-electron chi connectivity index (χ0n) is 13.9. The summed E-state index contributed by atoms with van der Waals surface area (Å²) in [7, 11) is 3.34. The zero-order chi connectivity index (χ0) is 18.2. The predicted octanol–water partition coefficient (Wildman–Crippen LogP) is 3.04.